The maximum Gasteiger partial charge on any atom is 0.270 e. The zero-order chi connectivity index (χ0) is 21.0. The van der Waals surface area contributed by atoms with E-state index < -0.39 is 10.8 Å². The minimum absolute atomic E-state index is 0.155. The first-order chi connectivity index (χ1) is 13.9. The summed E-state index contributed by atoms with van der Waals surface area (Å²) in [5.41, 5.74) is 3.29. The zero-order valence-corrected chi connectivity index (χ0v) is 16.5. The van der Waals surface area contributed by atoms with Crippen LogP contribution in [0.1, 0.15) is 34.3 Å². The van der Waals surface area contributed by atoms with Crippen LogP contribution < -0.4 is 15.5 Å². The number of non-ortho nitro benzene ring substituents is 1. The Bertz CT molecular complexity index is 931. The van der Waals surface area contributed by atoms with E-state index in [0.29, 0.717) is 5.69 Å². The lowest BCUT2D eigenvalue weighted by atomic mass is 10.1. The van der Waals surface area contributed by atoms with Crippen LogP contribution in [0.25, 0.3) is 0 Å². The molecule has 1 aliphatic rings. The molecule has 29 heavy (non-hydrogen) atoms. The fraction of sp³-hybridized carbons (Fsp3) is 0.333. The van der Waals surface area contributed by atoms with Gasteiger partial charge < -0.3 is 15.5 Å². The van der Waals surface area contributed by atoms with Gasteiger partial charge in [-0.05, 0) is 43.9 Å². The number of nitrogens with one attached hydrogen (secondary N) is 2. The van der Waals surface area contributed by atoms with Gasteiger partial charge in [-0.2, -0.15) is 0 Å². The number of aryl methyl sites for hydroxylation is 2. The maximum atomic E-state index is 12.7. The van der Waals surface area contributed by atoms with Crippen molar-refractivity contribution >= 4 is 28.9 Å². The van der Waals surface area contributed by atoms with Crippen molar-refractivity contribution < 1.29 is 14.5 Å². The van der Waals surface area contributed by atoms with Crippen LogP contribution in [-0.4, -0.2) is 36.4 Å². The number of rotatable bonds is 6. The molecule has 0 saturated carbocycles. The molecule has 0 bridgehead atoms. The Hall–Kier alpha value is -3.42. The van der Waals surface area contributed by atoms with E-state index in [9.17, 15) is 19.7 Å². The molecule has 8 heteroatoms. The normalized spacial score (nSPS) is 13.2. The Morgan fingerprint density at radius 2 is 1.76 bits per heavy atom. The number of nitrogens with zero attached hydrogens (tertiary/aromatic N) is 2. The second-order valence-corrected chi connectivity index (χ2v) is 7.15. The molecule has 0 atom stereocenters. The fourth-order valence-corrected chi connectivity index (χ4v) is 3.50. The first-order valence-corrected chi connectivity index (χ1v) is 9.54. The molecule has 0 radical (unpaired) electrons. The predicted octanol–water partition coefficient (Wildman–Crippen LogP) is 3.18. The minimum atomic E-state index is -0.530. The van der Waals surface area contributed by atoms with Crippen LogP contribution in [0.5, 0.6) is 0 Å². The summed E-state index contributed by atoms with van der Waals surface area (Å²) < 4.78 is 0. The first-order valence-electron chi connectivity index (χ1n) is 9.54. The van der Waals surface area contributed by atoms with Crippen molar-refractivity contribution in [2.45, 2.75) is 26.7 Å². The number of carbonyl (C=O) groups excluding carboxylic acids is 2. The molecule has 1 heterocycles. The van der Waals surface area contributed by atoms with Gasteiger partial charge in [-0.15, -0.1) is 0 Å². The summed E-state index contributed by atoms with van der Waals surface area (Å²) in [6.07, 6.45) is 2.02. The molecule has 8 nitrogen and oxygen atoms in total. The Balaban J connectivity index is 1.73. The van der Waals surface area contributed by atoms with Gasteiger partial charge in [-0.1, -0.05) is 18.2 Å². The number of para-hydroxylation sites is 1. The summed E-state index contributed by atoms with van der Waals surface area (Å²) in [5.74, 6) is -0.865. The average Bonchev–Trinajstić information content (AvgIpc) is 3.23. The van der Waals surface area contributed by atoms with Crippen LogP contribution in [0, 0.1) is 24.0 Å². The highest BCUT2D eigenvalue weighted by atomic mass is 16.6. The lowest BCUT2D eigenvalue weighted by Gasteiger charge is -2.21. The molecule has 0 aromatic heterocycles. The number of anilines is 2. The second kappa shape index (κ2) is 8.72. The summed E-state index contributed by atoms with van der Waals surface area (Å²) in [6.45, 7) is 5.16. The highest BCUT2D eigenvalue weighted by Gasteiger charge is 2.23. The molecule has 2 aromatic carbocycles. The van der Waals surface area contributed by atoms with E-state index in [2.05, 4.69) is 10.6 Å². The highest BCUT2D eigenvalue weighted by Crippen LogP contribution is 2.28. The van der Waals surface area contributed by atoms with Crippen LogP contribution in [0.4, 0.5) is 17.1 Å². The van der Waals surface area contributed by atoms with Crippen molar-refractivity contribution in [1.82, 2.24) is 5.32 Å². The zero-order valence-electron chi connectivity index (χ0n) is 16.5. The van der Waals surface area contributed by atoms with Crippen molar-refractivity contribution in [2.24, 2.45) is 0 Å². The number of hydrogen-bond acceptors (Lipinski definition) is 5. The summed E-state index contributed by atoms with van der Waals surface area (Å²) in [4.78, 5) is 37.7. The molecule has 2 N–H and O–H groups in total. The highest BCUT2D eigenvalue weighted by molar-refractivity contribution is 6.03. The van der Waals surface area contributed by atoms with E-state index in [1.165, 1.54) is 12.1 Å². The van der Waals surface area contributed by atoms with E-state index in [-0.39, 0.29) is 23.7 Å². The van der Waals surface area contributed by atoms with Gasteiger partial charge in [-0.25, -0.2) is 0 Å². The molecule has 1 saturated heterocycles. The topological polar surface area (TPSA) is 105 Å². The molecule has 152 valence electrons. The number of benzene rings is 2. The van der Waals surface area contributed by atoms with E-state index in [1.807, 2.05) is 36.9 Å². The van der Waals surface area contributed by atoms with Crippen LogP contribution in [0.15, 0.2) is 36.4 Å². The second-order valence-electron chi connectivity index (χ2n) is 7.15. The fourth-order valence-electron chi connectivity index (χ4n) is 3.50. The van der Waals surface area contributed by atoms with Crippen molar-refractivity contribution in [3.05, 3.63) is 63.2 Å². The van der Waals surface area contributed by atoms with Crippen LogP contribution in [0.2, 0.25) is 0 Å². The predicted molar refractivity (Wildman–Crippen MR) is 111 cm³/mol. The lowest BCUT2D eigenvalue weighted by molar-refractivity contribution is -0.384. The van der Waals surface area contributed by atoms with E-state index in [4.69, 9.17) is 0 Å². The maximum absolute atomic E-state index is 12.7. The molecule has 1 aliphatic heterocycles. The van der Waals surface area contributed by atoms with Crippen LogP contribution >= 0.6 is 0 Å². The summed E-state index contributed by atoms with van der Waals surface area (Å²) in [6, 6.07) is 9.98. The van der Waals surface area contributed by atoms with Gasteiger partial charge in [-0.3, -0.25) is 19.7 Å². The monoisotopic (exact) mass is 396 g/mol. The van der Waals surface area contributed by atoms with Gasteiger partial charge in [0.25, 0.3) is 11.6 Å². The summed E-state index contributed by atoms with van der Waals surface area (Å²) in [5, 5.41) is 16.5. The molecule has 2 amide bonds. The molecular formula is C21H24N4O4. The molecule has 2 aromatic rings. The summed E-state index contributed by atoms with van der Waals surface area (Å²) >= 11 is 0. The van der Waals surface area contributed by atoms with Crippen LogP contribution in [-0.2, 0) is 4.79 Å². The molecule has 0 spiro atoms. The van der Waals surface area contributed by atoms with E-state index in [1.54, 1.807) is 6.07 Å². The number of nitro benzene ring substituents is 1. The van der Waals surface area contributed by atoms with Gasteiger partial charge in [0, 0.05) is 30.9 Å². The Labute approximate surface area is 169 Å². The Kier molecular flexibility index (Phi) is 6.11. The average molecular weight is 396 g/mol. The Morgan fingerprint density at radius 1 is 1.10 bits per heavy atom. The number of amides is 2. The van der Waals surface area contributed by atoms with E-state index in [0.717, 1.165) is 42.7 Å². The van der Waals surface area contributed by atoms with Gasteiger partial charge in [0.2, 0.25) is 5.91 Å². The largest absolute Gasteiger partial charge is 0.371 e. The van der Waals surface area contributed by atoms with Gasteiger partial charge in [0.15, 0.2) is 0 Å². The molecule has 0 aliphatic carbocycles. The van der Waals surface area contributed by atoms with Gasteiger partial charge in [0.1, 0.15) is 0 Å². The third-order valence-electron chi connectivity index (χ3n) is 5.04. The van der Waals surface area contributed by atoms with Crippen molar-refractivity contribution in [1.29, 1.82) is 0 Å². The molecule has 3 rings (SSSR count). The lowest BCUT2D eigenvalue weighted by Crippen LogP contribution is -2.34. The van der Waals surface area contributed by atoms with Gasteiger partial charge >= 0.3 is 0 Å². The third-order valence-corrected chi connectivity index (χ3v) is 5.04. The third kappa shape index (κ3) is 4.71. The van der Waals surface area contributed by atoms with Crippen molar-refractivity contribution in [3.8, 4) is 0 Å². The SMILES string of the molecule is Cc1cccc(C)c1NC(=O)CNC(=O)c1cc([N+](=O)[O-])ccc1N1CCCC1. The Morgan fingerprint density at radius 3 is 2.38 bits per heavy atom. The number of nitro groups is 1. The number of hydrogen-bond donors (Lipinski definition) is 2. The smallest absolute Gasteiger partial charge is 0.270 e. The standard InChI is InChI=1S/C21H24N4O4/c1-14-6-5-7-15(2)20(14)23-19(26)13-22-21(27)17-12-16(25(28)29)8-9-18(17)24-10-3-4-11-24/h5-9,12H,3-4,10-11,13H2,1-2H3,(H,22,27)(H,23,26). The van der Waals surface area contributed by atoms with E-state index >= 15 is 0 Å². The number of carbonyl (C=O) groups is 2. The van der Waals surface area contributed by atoms with Crippen LogP contribution in [0.3, 0.4) is 0 Å². The van der Waals surface area contributed by atoms with Crippen molar-refractivity contribution in [3.63, 3.8) is 0 Å². The molecular weight excluding hydrogens is 372 g/mol. The summed E-state index contributed by atoms with van der Waals surface area (Å²) in [7, 11) is 0. The van der Waals surface area contributed by atoms with Crippen molar-refractivity contribution in [2.75, 3.05) is 29.9 Å². The minimum Gasteiger partial charge on any atom is -0.371 e. The quantitative estimate of drug-likeness (QED) is 0.576. The molecule has 1 fully saturated rings. The first kappa shape index (κ1) is 20.3. The van der Waals surface area contributed by atoms with Gasteiger partial charge in [0.05, 0.1) is 22.7 Å². The molecule has 0 unspecified atom stereocenters.